The highest BCUT2D eigenvalue weighted by Crippen LogP contribution is 2.30. The summed E-state index contributed by atoms with van der Waals surface area (Å²) in [6.45, 7) is 1.64. The van der Waals surface area contributed by atoms with E-state index in [0.717, 1.165) is 46.9 Å². The number of halogens is 1. The van der Waals surface area contributed by atoms with Crippen LogP contribution >= 0.6 is 27.7 Å². The van der Waals surface area contributed by atoms with Gasteiger partial charge >= 0.3 is 0 Å². The van der Waals surface area contributed by atoms with E-state index in [0.29, 0.717) is 5.16 Å². The van der Waals surface area contributed by atoms with Crippen LogP contribution in [0.1, 0.15) is 12.8 Å². The molecular weight excluding hydrogens is 400 g/mol. The number of benzene rings is 1. The number of hydrogen-bond acceptors (Lipinski definition) is 5. The highest BCUT2D eigenvalue weighted by atomic mass is 79.9. The summed E-state index contributed by atoms with van der Waals surface area (Å²) in [6.07, 6.45) is 7.87. The summed E-state index contributed by atoms with van der Waals surface area (Å²) in [6, 6.07) is 10.3. The molecule has 3 aromatic rings. The highest BCUT2D eigenvalue weighted by molar-refractivity contribution is 9.10. The predicted octanol–water partition coefficient (Wildman–Crippen LogP) is 4.43. The molecule has 1 atom stereocenters. The molecule has 1 aromatic carbocycles. The summed E-state index contributed by atoms with van der Waals surface area (Å²) >= 11 is 4.84. The summed E-state index contributed by atoms with van der Waals surface area (Å²) in [5.74, 6) is 0. The Morgan fingerprint density at radius 2 is 1.92 bits per heavy atom. The van der Waals surface area contributed by atoms with Crippen LogP contribution in [0.15, 0.2) is 63.7 Å². The Kier molecular flexibility index (Phi) is 5.14. The summed E-state index contributed by atoms with van der Waals surface area (Å²) in [4.78, 5) is 13.3. The Labute approximate surface area is 159 Å². The lowest BCUT2D eigenvalue weighted by Crippen LogP contribution is -2.16. The van der Waals surface area contributed by atoms with Crippen molar-refractivity contribution in [1.29, 1.82) is 0 Å². The number of aromatic nitrogens is 4. The van der Waals surface area contributed by atoms with Crippen molar-refractivity contribution in [2.24, 2.45) is 0 Å². The van der Waals surface area contributed by atoms with Crippen LogP contribution in [0.5, 0.6) is 0 Å². The first-order chi connectivity index (χ1) is 12.3. The zero-order valence-corrected chi connectivity index (χ0v) is 15.9. The fourth-order valence-corrected chi connectivity index (χ4v) is 3.85. The third-order valence-electron chi connectivity index (χ3n) is 4.08. The van der Waals surface area contributed by atoms with Gasteiger partial charge in [0.05, 0.1) is 29.0 Å². The van der Waals surface area contributed by atoms with Gasteiger partial charge in [0, 0.05) is 19.0 Å². The molecule has 0 saturated carbocycles. The van der Waals surface area contributed by atoms with Crippen molar-refractivity contribution in [2.75, 3.05) is 6.61 Å². The van der Waals surface area contributed by atoms with Crippen molar-refractivity contribution in [1.82, 2.24) is 19.5 Å². The van der Waals surface area contributed by atoms with Gasteiger partial charge in [-0.2, -0.15) is 0 Å². The predicted molar refractivity (Wildman–Crippen MR) is 100 cm³/mol. The third kappa shape index (κ3) is 3.94. The Hall–Kier alpha value is -1.70. The molecule has 0 bridgehead atoms. The summed E-state index contributed by atoms with van der Waals surface area (Å²) in [5.41, 5.74) is 2.24. The molecule has 0 N–H and O–H groups in total. The highest BCUT2D eigenvalue weighted by Gasteiger charge is 2.21. The molecule has 1 aliphatic heterocycles. The molecular formula is C18H17BrN4OS. The first-order valence-electron chi connectivity index (χ1n) is 8.17. The second kappa shape index (κ2) is 7.68. The van der Waals surface area contributed by atoms with E-state index in [2.05, 4.69) is 47.6 Å². The van der Waals surface area contributed by atoms with Crippen LogP contribution in [0, 0.1) is 0 Å². The molecule has 0 amide bonds. The maximum atomic E-state index is 5.84. The third-order valence-corrected chi connectivity index (χ3v) is 5.39. The summed E-state index contributed by atoms with van der Waals surface area (Å²) in [7, 11) is 0. The first-order valence-corrected chi connectivity index (χ1v) is 9.78. The topological polar surface area (TPSA) is 52.8 Å². The van der Waals surface area contributed by atoms with E-state index in [9.17, 15) is 0 Å². The van der Waals surface area contributed by atoms with Gasteiger partial charge in [0.2, 0.25) is 0 Å². The average Bonchev–Trinajstić information content (AvgIpc) is 3.29. The van der Waals surface area contributed by atoms with Crippen molar-refractivity contribution in [2.45, 2.75) is 35.8 Å². The molecule has 1 fully saturated rings. The molecule has 128 valence electrons. The number of rotatable bonds is 5. The molecule has 5 nitrogen and oxygen atoms in total. The SMILES string of the molecule is Brc1cnc(Sc2ncc(-c3ccccc3)n2C[C@H]2CCCO2)nc1. The van der Waals surface area contributed by atoms with Gasteiger partial charge in [-0.05, 0) is 46.1 Å². The van der Waals surface area contributed by atoms with Crippen molar-refractivity contribution < 1.29 is 4.74 Å². The fourth-order valence-electron chi connectivity index (χ4n) is 2.88. The van der Waals surface area contributed by atoms with Crippen LogP contribution in [-0.2, 0) is 11.3 Å². The zero-order chi connectivity index (χ0) is 17.1. The van der Waals surface area contributed by atoms with Gasteiger partial charge in [-0.15, -0.1) is 0 Å². The average molecular weight is 417 g/mol. The molecule has 0 spiro atoms. The number of nitrogens with zero attached hydrogens (tertiary/aromatic N) is 4. The van der Waals surface area contributed by atoms with Crippen molar-refractivity contribution in [3.8, 4) is 11.3 Å². The maximum absolute atomic E-state index is 5.84. The molecule has 1 aliphatic rings. The molecule has 7 heteroatoms. The van der Waals surface area contributed by atoms with Gasteiger partial charge in [0.25, 0.3) is 0 Å². The van der Waals surface area contributed by atoms with Crippen LogP contribution < -0.4 is 0 Å². The lowest BCUT2D eigenvalue weighted by molar-refractivity contribution is 0.0954. The quantitative estimate of drug-likeness (QED) is 0.575. The lowest BCUT2D eigenvalue weighted by Gasteiger charge is -2.15. The standard InChI is InChI=1S/C18H17BrN4OS/c19-14-9-20-17(21-10-14)25-18-22-11-16(13-5-2-1-3-6-13)23(18)12-15-7-4-8-24-15/h1-3,5-6,9-11,15H,4,7-8,12H2/t15-/m1/s1. The Bertz CT molecular complexity index is 832. The van der Waals surface area contributed by atoms with Crippen LogP contribution in [-0.4, -0.2) is 32.2 Å². The fraction of sp³-hybridized carbons (Fsp3) is 0.278. The Morgan fingerprint density at radius 1 is 1.12 bits per heavy atom. The molecule has 0 aliphatic carbocycles. The molecule has 25 heavy (non-hydrogen) atoms. The van der Waals surface area contributed by atoms with Gasteiger partial charge < -0.3 is 9.30 Å². The second-order valence-electron chi connectivity index (χ2n) is 5.82. The number of imidazole rings is 1. The first kappa shape index (κ1) is 16.8. The number of ether oxygens (including phenoxy) is 1. The van der Waals surface area contributed by atoms with Crippen molar-refractivity contribution >= 4 is 27.7 Å². The minimum atomic E-state index is 0.238. The monoisotopic (exact) mass is 416 g/mol. The normalized spacial score (nSPS) is 17.1. The van der Waals surface area contributed by atoms with E-state index in [4.69, 9.17) is 4.74 Å². The molecule has 3 heterocycles. The van der Waals surface area contributed by atoms with Gasteiger partial charge in [-0.25, -0.2) is 15.0 Å². The minimum Gasteiger partial charge on any atom is -0.376 e. The molecule has 4 rings (SSSR count). The van der Waals surface area contributed by atoms with E-state index in [1.165, 1.54) is 11.8 Å². The van der Waals surface area contributed by atoms with Crippen LogP contribution in [0.4, 0.5) is 0 Å². The van der Waals surface area contributed by atoms with E-state index in [-0.39, 0.29) is 6.10 Å². The smallest absolute Gasteiger partial charge is 0.195 e. The van der Waals surface area contributed by atoms with E-state index >= 15 is 0 Å². The second-order valence-corrected chi connectivity index (χ2v) is 7.67. The molecule has 2 aromatic heterocycles. The van der Waals surface area contributed by atoms with Gasteiger partial charge in [0.1, 0.15) is 0 Å². The summed E-state index contributed by atoms with van der Waals surface area (Å²) < 4.78 is 8.93. The Balaban J connectivity index is 1.67. The zero-order valence-electron chi connectivity index (χ0n) is 13.5. The lowest BCUT2D eigenvalue weighted by atomic mass is 10.1. The minimum absolute atomic E-state index is 0.238. The van der Waals surface area contributed by atoms with Crippen LogP contribution in [0.25, 0.3) is 11.3 Å². The molecule has 0 radical (unpaired) electrons. The van der Waals surface area contributed by atoms with Crippen LogP contribution in [0.2, 0.25) is 0 Å². The summed E-state index contributed by atoms with van der Waals surface area (Å²) in [5, 5.41) is 1.57. The van der Waals surface area contributed by atoms with Crippen LogP contribution in [0.3, 0.4) is 0 Å². The molecule has 1 saturated heterocycles. The Morgan fingerprint density at radius 3 is 2.64 bits per heavy atom. The van der Waals surface area contributed by atoms with Gasteiger partial charge in [0.15, 0.2) is 10.3 Å². The van der Waals surface area contributed by atoms with Gasteiger partial charge in [-0.1, -0.05) is 30.3 Å². The van der Waals surface area contributed by atoms with E-state index in [1.807, 2.05) is 24.4 Å². The van der Waals surface area contributed by atoms with E-state index in [1.54, 1.807) is 12.4 Å². The van der Waals surface area contributed by atoms with Crippen molar-refractivity contribution in [3.63, 3.8) is 0 Å². The van der Waals surface area contributed by atoms with E-state index < -0.39 is 0 Å². The molecule has 0 unspecified atom stereocenters. The number of hydrogen-bond donors (Lipinski definition) is 0. The van der Waals surface area contributed by atoms with Crippen molar-refractivity contribution in [3.05, 3.63) is 53.4 Å². The maximum Gasteiger partial charge on any atom is 0.195 e. The largest absolute Gasteiger partial charge is 0.376 e. The van der Waals surface area contributed by atoms with Gasteiger partial charge in [-0.3, -0.25) is 0 Å².